The van der Waals surface area contributed by atoms with Crippen molar-refractivity contribution >= 4 is 5.78 Å². The van der Waals surface area contributed by atoms with Crippen LogP contribution in [0.4, 0.5) is 13.2 Å². The fourth-order valence-corrected chi connectivity index (χ4v) is 3.02. The molecule has 3 nitrogen and oxygen atoms in total. The smallest absolute Gasteiger partial charge is 0.454 e. The summed E-state index contributed by atoms with van der Waals surface area (Å²) in [5.41, 5.74) is 1.38. The van der Waals surface area contributed by atoms with Gasteiger partial charge in [0.15, 0.2) is 0 Å². The molecule has 0 aliphatic heterocycles. The minimum atomic E-state index is -4.92. The Hall–Kier alpha value is -2.50. The third-order valence-corrected chi connectivity index (χ3v) is 4.41. The maximum Gasteiger partial charge on any atom is 0.454 e. The second-order valence-corrected chi connectivity index (χ2v) is 6.37. The molecule has 0 bridgehead atoms. The molecule has 0 aromatic heterocycles. The topological polar surface area (TPSA) is 46.5 Å². The number of hydrogen-bond donors (Lipinski definition) is 1. The zero-order valence-corrected chi connectivity index (χ0v) is 15.4. The van der Waals surface area contributed by atoms with Crippen LogP contribution in [0.25, 0.3) is 11.1 Å². The van der Waals surface area contributed by atoms with Crippen molar-refractivity contribution in [2.45, 2.75) is 45.2 Å². The summed E-state index contributed by atoms with van der Waals surface area (Å²) in [6.07, 6.45) is 0.196. The number of phenolic OH excluding ortho intramolecular Hbond substituents is 1. The van der Waals surface area contributed by atoms with Crippen molar-refractivity contribution in [1.29, 1.82) is 0 Å². The summed E-state index contributed by atoms with van der Waals surface area (Å²) in [5, 5.41) is 10.3. The molecule has 0 amide bonds. The first-order valence-electron chi connectivity index (χ1n) is 8.90. The lowest BCUT2D eigenvalue weighted by atomic mass is 9.96. The van der Waals surface area contributed by atoms with Gasteiger partial charge in [-0.3, -0.25) is 4.79 Å². The van der Waals surface area contributed by atoms with Crippen molar-refractivity contribution < 1.29 is 27.8 Å². The lowest BCUT2D eigenvalue weighted by molar-refractivity contribution is -0.0885. The number of unbranched alkanes of at least 4 members (excludes halogenated alkanes) is 3. The molecule has 0 unspecified atom stereocenters. The first kappa shape index (κ1) is 20.8. The van der Waals surface area contributed by atoms with Crippen LogP contribution in [0.2, 0.25) is 0 Å². The van der Waals surface area contributed by atoms with Crippen LogP contribution in [0.3, 0.4) is 0 Å². The third kappa shape index (κ3) is 5.02. The summed E-state index contributed by atoms with van der Waals surface area (Å²) < 4.78 is 43.2. The van der Waals surface area contributed by atoms with E-state index in [1.54, 1.807) is 12.1 Å². The molecule has 2 aromatic carbocycles. The number of Topliss-reactive ketones (excluding diaryl/α,β-unsaturated/α-hetero) is 1. The summed E-state index contributed by atoms with van der Waals surface area (Å²) in [6, 6.07) is 8.34. The number of aryl methyl sites for hydroxylation is 1. The fourth-order valence-electron chi connectivity index (χ4n) is 3.02. The monoisotopic (exact) mass is 380 g/mol. The molecule has 0 atom stereocenters. The van der Waals surface area contributed by atoms with E-state index in [0.29, 0.717) is 16.9 Å². The lowest BCUT2D eigenvalue weighted by Crippen LogP contribution is -2.22. The fraction of sp³-hybridized carbons (Fsp3) is 0.381. The maximum absolute atomic E-state index is 12.6. The molecule has 2 rings (SSSR count). The van der Waals surface area contributed by atoms with E-state index in [4.69, 9.17) is 4.74 Å². The second-order valence-electron chi connectivity index (χ2n) is 6.37. The van der Waals surface area contributed by atoms with Crippen LogP contribution in [-0.2, 0) is 6.42 Å². The molecule has 146 valence electrons. The molecule has 0 saturated carbocycles. The standard InChI is InChI=1S/C21H23F3O3/c1-3-4-5-6-7-15-12-13-17(25)18(19(15)27-2)14-8-10-16(11-9-14)20(26)21(22,23)24/h8-13,25H,3-7H2,1-2H3. The van der Waals surface area contributed by atoms with Crippen LogP contribution < -0.4 is 4.74 Å². The zero-order valence-electron chi connectivity index (χ0n) is 15.4. The van der Waals surface area contributed by atoms with Crippen molar-refractivity contribution in [3.05, 3.63) is 47.5 Å². The van der Waals surface area contributed by atoms with Gasteiger partial charge < -0.3 is 9.84 Å². The highest BCUT2D eigenvalue weighted by atomic mass is 19.4. The van der Waals surface area contributed by atoms with Gasteiger partial charge in [0, 0.05) is 5.56 Å². The van der Waals surface area contributed by atoms with Crippen molar-refractivity contribution in [2.75, 3.05) is 7.11 Å². The Balaban J connectivity index is 2.35. The van der Waals surface area contributed by atoms with E-state index in [2.05, 4.69) is 6.92 Å². The number of phenols is 1. The van der Waals surface area contributed by atoms with Gasteiger partial charge in [0.25, 0.3) is 5.78 Å². The SMILES string of the molecule is CCCCCCc1ccc(O)c(-c2ccc(C(=O)C(F)(F)F)cc2)c1OC. The predicted molar refractivity (Wildman–Crippen MR) is 98.3 cm³/mol. The van der Waals surface area contributed by atoms with Crippen LogP contribution in [0.5, 0.6) is 11.5 Å². The Morgan fingerprint density at radius 3 is 2.26 bits per heavy atom. The molecule has 1 N–H and O–H groups in total. The van der Waals surface area contributed by atoms with Gasteiger partial charge in [-0.15, -0.1) is 0 Å². The van der Waals surface area contributed by atoms with E-state index >= 15 is 0 Å². The number of benzene rings is 2. The Labute approximate surface area is 156 Å². The summed E-state index contributed by atoms with van der Waals surface area (Å²) in [7, 11) is 1.50. The third-order valence-electron chi connectivity index (χ3n) is 4.41. The number of carbonyl (C=O) groups is 1. The predicted octanol–water partition coefficient (Wildman–Crippen LogP) is 5.94. The largest absolute Gasteiger partial charge is 0.507 e. The number of aromatic hydroxyl groups is 1. The van der Waals surface area contributed by atoms with E-state index in [1.165, 1.54) is 19.2 Å². The zero-order chi connectivity index (χ0) is 20.0. The number of alkyl halides is 3. The van der Waals surface area contributed by atoms with Crippen molar-refractivity contribution in [3.8, 4) is 22.6 Å². The highest BCUT2D eigenvalue weighted by Gasteiger charge is 2.39. The normalized spacial score (nSPS) is 11.4. The first-order chi connectivity index (χ1) is 12.8. The second kappa shape index (κ2) is 8.93. The van der Waals surface area contributed by atoms with Gasteiger partial charge in [0.2, 0.25) is 0 Å². The number of methoxy groups -OCH3 is 1. The van der Waals surface area contributed by atoms with Crippen molar-refractivity contribution in [2.24, 2.45) is 0 Å². The first-order valence-corrected chi connectivity index (χ1v) is 8.90. The van der Waals surface area contributed by atoms with Crippen LogP contribution in [0, 0.1) is 0 Å². The Morgan fingerprint density at radius 1 is 1.04 bits per heavy atom. The van der Waals surface area contributed by atoms with Crippen LogP contribution in [0.1, 0.15) is 48.5 Å². The van der Waals surface area contributed by atoms with Gasteiger partial charge in [0.05, 0.1) is 12.7 Å². The van der Waals surface area contributed by atoms with E-state index in [1.807, 2.05) is 0 Å². The molecule has 0 aliphatic carbocycles. The van der Waals surface area contributed by atoms with Gasteiger partial charge >= 0.3 is 6.18 Å². The number of ether oxygens (including phenoxy) is 1. The highest BCUT2D eigenvalue weighted by Crippen LogP contribution is 2.41. The average molecular weight is 380 g/mol. The minimum Gasteiger partial charge on any atom is -0.507 e. The summed E-state index contributed by atoms with van der Waals surface area (Å²) >= 11 is 0. The van der Waals surface area contributed by atoms with Crippen LogP contribution in [-0.4, -0.2) is 24.2 Å². The van der Waals surface area contributed by atoms with Gasteiger partial charge in [-0.05, 0) is 30.0 Å². The number of ketones is 1. The Bertz CT molecular complexity index is 780. The van der Waals surface area contributed by atoms with Gasteiger partial charge in [-0.2, -0.15) is 13.2 Å². The molecule has 2 aromatic rings. The van der Waals surface area contributed by atoms with Crippen molar-refractivity contribution in [1.82, 2.24) is 0 Å². The van der Waals surface area contributed by atoms with Gasteiger partial charge in [-0.1, -0.05) is 56.5 Å². The summed E-state index contributed by atoms with van der Waals surface area (Å²) in [4.78, 5) is 11.3. The number of rotatable bonds is 8. The molecule has 0 heterocycles. The van der Waals surface area contributed by atoms with Gasteiger partial charge in [0.1, 0.15) is 11.5 Å². The number of halogens is 3. The molecule has 6 heteroatoms. The Morgan fingerprint density at radius 2 is 1.70 bits per heavy atom. The van der Waals surface area contributed by atoms with Crippen LogP contribution >= 0.6 is 0 Å². The molecule has 0 spiro atoms. The Kier molecular flexibility index (Phi) is 6.88. The lowest BCUT2D eigenvalue weighted by Gasteiger charge is -2.16. The molecule has 0 radical (unpaired) electrons. The van der Waals surface area contributed by atoms with Crippen LogP contribution in [0.15, 0.2) is 36.4 Å². The minimum absolute atomic E-state index is 0.0287. The molecule has 27 heavy (non-hydrogen) atoms. The van der Waals surface area contributed by atoms with E-state index in [0.717, 1.165) is 49.8 Å². The average Bonchev–Trinajstić information content (AvgIpc) is 2.64. The molecule has 0 aliphatic rings. The number of carbonyl (C=O) groups excluding carboxylic acids is 1. The quantitative estimate of drug-likeness (QED) is 0.456. The number of hydrogen-bond acceptors (Lipinski definition) is 3. The molecule has 0 fully saturated rings. The maximum atomic E-state index is 12.6. The molecule has 0 saturated heterocycles. The summed E-state index contributed by atoms with van der Waals surface area (Å²) in [6.45, 7) is 2.13. The van der Waals surface area contributed by atoms with E-state index < -0.39 is 17.5 Å². The summed E-state index contributed by atoms with van der Waals surface area (Å²) in [5.74, 6) is -1.42. The molecular weight excluding hydrogens is 357 g/mol. The van der Waals surface area contributed by atoms with E-state index in [9.17, 15) is 23.1 Å². The van der Waals surface area contributed by atoms with Crippen molar-refractivity contribution in [3.63, 3.8) is 0 Å². The highest BCUT2D eigenvalue weighted by molar-refractivity contribution is 6.00. The van der Waals surface area contributed by atoms with E-state index in [-0.39, 0.29) is 5.75 Å². The molecular formula is C21H23F3O3. The van der Waals surface area contributed by atoms with Gasteiger partial charge in [-0.25, -0.2) is 0 Å².